The quantitative estimate of drug-likeness (QED) is 0.458. The standard InChI is InChI=1S/C13H24ClNO3/c1-13(2,3)18-12(16)10-5-7-15-11(10)9-17-8-4-6-14/h10-11,15H,4-9H2,1-3H3/t10-,11+/m0/s1. The first-order valence-electron chi connectivity index (χ1n) is 6.54. The molecule has 0 amide bonds. The van der Waals surface area contributed by atoms with Gasteiger partial charge in [0.2, 0.25) is 0 Å². The molecule has 1 N–H and O–H groups in total. The fraction of sp³-hybridized carbons (Fsp3) is 0.923. The van der Waals surface area contributed by atoms with Crippen LogP contribution in [0.1, 0.15) is 33.6 Å². The zero-order valence-corrected chi connectivity index (χ0v) is 12.3. The number of carbonyl (C=O) groups is 1. The Morgan fingerprint density at radius 3 is 2.78 bits per heavy atom. The summed E-state index contributed by atoms with van der Waals surface area (Å²) in [4.78, 5) is 12.0. The number of halogens is 1. The van der Waals surface area contributed by atoms with Gasteiger partial charge < -0.3 is 14.8 Å². The molecular weight excluding hydrogens is 254 g/mol. The Kier molecular flexibility index (Phi) is 6.39. The maximum atomic E-state index is 12.0. The van der Waals surface area contributed by atoms with Gasteiger partial charge in [0.15, 0.2) is 0 Å². The van der Waals surface area contributed by atoms with Gasteiger partial charge in [-0.3, -0.25) is 4.79 Å². The summed E-state index contributed by atoms with van der Waals surface area (Å²) in [6.07, 6.45) is 1.66. The van der Waals surface area contributed by atoms with E-state index in [1.165, 1.54) is 0 Å². The number of rotatable bonds is 6. The molecule has 0 bridgehead atoms. The third-order valence-corrected chi connectivity index (χ3v) is 3.04. The second kappa shape index (κ2) is 7.31. The lowest BCUT2D eigenvalue weighted by Gasteiger charge is -2.24. The Morgan fingerprint density at radius 2 is 2.17 bits per heavy atom. The van der Waals surface area contributed by atoms with Crippen molar-refractivity contribution in [3.05, 3.63) is 0 Å². The molecule has 1 heterocycles. The molecule has 4 nitrogen and oxygen atoms in total. The lowest BCUT2D eigenvalue weighted by Crippen LogP contribution is -2.39. The monoisotopic (exact) mass is 277 g/mol. The molecule has 1 saturated heterocycles. The predicted molar refractivity (Wildman–Crippen MR) is 71.9 cm³/mol. The second-order valence-corrected chi connectivity index (χ2v) is 5.98. The summed E-state index contributed by atoms with van der Waals surface area (Å²) < 4.78 is 10.9. The van der Waals surface area contributed by atoms with Gasteiger partial charge in [0.1, 0.15) is 5.60 Å². The van der Waals surface area contributed by atoms with Crippen molar-refractivity contribution in [2.24, 2.45) is 5.92 Å². The number of esters is 1. The van der Waals surface area contributed by atoms with Crippen molar-refractivity contribution in [3.63, 3.8) is 0 Å². The van der Waals surface area contributed by atoms with E-state index in [9.17, 15) is 4.79 Å². The van der Waals surface area contributed by atoms with Crippen molar-refractivity contribution in [2.75, 3.05) is 25.6 Å². The lowest BCUT2D eigenvalue weighted by molar-refractivity contribution is -0.160. The summed E-state index contributed by atoms with van der Waals surface area (Å²) in [6, 6.07) is 0.0650. The first kappa shape index (κ1) is 15.7. The first-order chi connectivity index (χ1) is 8.44. The molecule has 0 spiro atoms. The summed E-state index contributed by atoms with van der Waals surface area (Å²) in [6.45, 7) is 7.69. The average Bonchev–Trinajstić information content (AvgIpc) is 2.70. The lowest BCUT2D eigenvalue weighted by atomic mass is 10.0. The number of hydrogen-bond acceptors (Lipinski definition) is 4. The molecule has 1 aliphatic heterocycles. The molecule has 106 valence electrons. The van der Waals surface area contributed by atoms with Crippen LogP contribution in [0.4, 0.5) is 0 Å². The van der Waals surface area contributed by atoms with Gasteiger partial charge in [0, 0.05) is 18.5 Å². The van der Waals surface area contributed by atoms with Gasteiger partial charge in [-0.25, -0.2) is 0 Å². The molecule has 18 heavy (non-hydrogen) atoms. The van der Waals surface area contributed by atoms with E-state index in [-0.39, 0.29) is 17.9 Å². The van der Waals surface area contributed by atoms with Crippen LogP contribution in [0.15, 0.2) is 0 Å². The molecule has 0 saturated carbocycles. The highest BCUT2D eigenvalue weighted by molar-refractivity contribution is 6.17. The van der Waals surface area contributed by atoms with Gasteiger partial charge in [-0.2, -0.15) is 0 Å². The number of ether oxygens (including phenoxy) is 2. The SMILES string of the molecule is CC(C)(C)OC(=O)[C@H]1CCN[C@@H]1COCCCCl. The van der Waals surface area contributed by atoms with Crippen molar-refractivity contribution in [3.8, 4) is 0 Å². The van der Waals surface area contributed by atoms with E-state index in [4.69, 9.17) is 21.1 Å². The highest BCUT2D eigenvalue weighted by Crippen LogP contribution is 2.21. The Balaban J connectivity index is 2.36. The van der Waals surface area contributed by atoms with Crippen LogP contribution >= 0.6 is 11.6 Å². The number of alkyl halides is 1. The van der Waals surface area contributed by atoms with Crippen LogP contribution in [-0.4, -0.2) is 43.3 Å². The van der Waals surface area contributed by atoms with Crippen LogP contribution < -0.4 is 5.32 Å². The summed E-state index contributed by atoms with van der Waals surface area (Å²) in [7, 11) is 0. The molecule has 1 rings (SSSR count). The second-order valence-electron chi connectivity index (χ2n) is 5.61. The molecule has 0 aliphatic carbocycles. The van der Waals surface area contributed by atoms with Gasteiger partial charge in [0.05, 0.1) is 12.5 Å². The van der Waals surface area contributed by atoms with Crippen molar-refractivity contribution in [1.29, 1.82) is 0 Å². The maximum Gasteiger partial charge on any atom is 0.311 e. The summed E-state index contributed by atoms with van der Waals surface area (Å²) in [5.74, 6) is 0.381. The third kappa shape index (κ3) is 5.55. The van der Waals surface area contributed by atoms with Crippen LogP contribution in [0.25, 0.3) is 0 Å². The Morgan fingerprint density at radius 1 is 1.44 bits per heavy atom. The zero-order chi connectivity index (χ0) is 13.6. The molecule has 0 aromatic rings. The maximum absolute atomic E-state index is 12.0. The summed E-state index contributed by atoms with van der Waals surface area (Å²) >= 11 is 5.58. The molecule has 0 radical (unpaired) electrons. The molecule has 0 aromatic heterocycles. The van der Waals surface area contributed by atoms with Crippen molar-refractivity contribution in [2.45, 2.75) is 45.3 Å². The van der Waals surface area contributed by atoms with E-state index < -0.39 is 5.60 Å². The molecule has 0 unspecified atom stereocenters. The Bertz CT molecular complexity index is 265. The predicted octanol–water partition coefficient (Wildman–Crippen LogP) is 1.95. The topological polar surface area (TPSA) is 47.6 Å². The largest absolute Gasteiger partial charge is 0.460 e. The van der Waals surface area contributed by atoms with E-state index >= 15 is 0 Å². The van der Waals surface area contributed by atoms with Crippen LogP contribution in [0.2, 0.25) is 0 Å². The summed E-state index contributed by atoms with van der Waals surface area (Å²) in [5.41, 5.74) is -0.427. The van der Waals surface area contributed by atoms with Gasteiger partial charge in [0.25, 0.3) is 0 Å². The number of nitrogens with one attached hydrogen (secondary N) is 1. The molecule has 5 heteroatoms. The van der Waals surface area contributed by atoms with E-state index in [1.54, 1.807) is 0 Å². The van der Waals surface area contributed by atoms with Gasteiger partial charge >= 0.3 is 5.97 Å². The first-order valence-corrected chi connectivity index (χ1v) is 7.07. The van der Waals surface area contributed by atoms with E-state index in [0.29, 0.717) is 19.1 Å². The normalized spacial score (nSPS) is 24.2. The van der Waals surface area contributed by atoms with Crippen LogP contribution in [0.5, 0.6) is 0 Å². The Labute approximate surface area is 114 Å². The minimum Gasteiger partial charge on any atom is -0.460 e. The molecule has 2 atom stereocenters. The highest BCUT2D eigenvalue weighted by atomic mass is 35.5. The third-order valence-electron chi connectivity index (χ3n) is 2.78. The number of hydrogen-bond donors (Lipinski definition) is 1. The summed E-state index contributed by atoms with van der Waals surface area (Å²) in [5, 5.41) is 3.29. The van der Waals surface area contributed by atoms with Crippen LogP contribution in [-0.2, 0) is 14.3 Å². The molecule has 1 aliphatic rings. The Hall–Kier alpha value is -0.320. The van der Waals surface area contributed by atoms with Crippen LogP contribution in [0, 0.1) is 5.92 Å². The van der Waals surface area contributed by atoms with Gasteiger partial charge in [-0.05, 0) is 40.2 Å². The van der Waals surface area contributed by atoms with Crippen LogP contribution in [0.3, 0.4) is 0 Å². The zero-order valence-electron chi connectivity index (χ0n) is 11.5. The molecule has 1 fully saturated rings. The van der Waals surface area contributed by atoms with Crippen molar-refractivity contribution >= 4 is 17.6 Å². The van der Waals surface area contributed by atoms with E-state index in [0.717, 1.165) is 19.4 Å². The average molecular weight is 278 g/mol. The highest BCUT2D eigenvalue weighted by Gasteiger charge is 2.35. The van der Waals surface area contributed by atoms with Gasteiger partial charge in [-0.1, -0.05) is 0 Å². The van der Waals surface area contributed by atoms with Crippen molar-refractivity contribution in [1.82, 2.24) is 5.32 Å². The van der Waals surface area contributed by atoms with E-state index in [1.807, 2.05) is 20.8 Å². The van der Waals surface area contributed by atoms with Crippen molar-refractivity contribution < 1.29 is 14.3 Å². The van der Waals surface area contributed by atoms with Gasteiger partial charge in [-0.15, -0.1) is 11.6 Å². The fourth-order valence-corrected chi connectivity index (χ4v) is 2.08. The minimum atomic E-state index is -0.427. The van der Waals surface area contributed by atoms with E-state index in [2.05, 4.69) is 5.32 Å². The minimum absolute atomic E-state index is 0.0650. The molecular formula is C13H24ClNO3. The smallest absolute Gasteiger partial charge is 0.311 e. The fourth-order valence-electron chi connectivity index (χ4n) is 1.97. The molecule has 0 aromatic carbocycles. The number of carbonyl (C=O) groups excluding carboxylic acids is 1.